The van der Waals surface area contributed by atoms with Gasteiger partial charge in [0.15, 0.2) is 11.3 Å². The number of amides is 1. The van der Waals surface area contributed by atoms with Gasteiger partial charge in [-0.2, -0.15) is 0 Å². The van der Waals surface area contributed by atoms with Crippen LogP contribution < -0.4 is 15.0 Å². The van der Waals surface area contributed by atoms with Crippen molar-refractivity contribution in [3.05, 3.63) is 89.9 Å². The molecule has 186 valence electrons. The van der Waals surface area contributed by atoms with Gasteiger partial charge in [0.2, 0.25) is 0 Å². The van der Waals surface area contributed by atoms with E-state index in [2.05, 4.69) is 32.2 Å². The molecule has 0 unspecified atom stereocenters. The molecule has 3 heterocycles. The fourth-order valence-corrected chi connectivity index (χ4v) is 4.68. The second kappa shape index (κ2) is 11.3. The van der Waals surface area contributed by atoms with Crippen molar-refractivity contribution < 1.29 is 13.9 Å². The molecule has 5 rings (SSSR count). The second-order valence-corrected chi connectivity index (χ2v) is 9.06. The first-order valence-corrected chi connectivity index (χ1v) is 12.5. The number of para-hydroxylation sites is 1. The van der Waals surface area contributed by atoms with Crippen molar-refractivity contribution in [2.45, 2.75) is 12.8 Å². The zero-order chi connectivity index (χ0) is 24.7. The standard InChI is InChI=1S/C29H32N4O3/c1-35-25-9-4-6-22(20-25)11-14-31-29(34)27-21-23-7-5-10-26(28(23)36-27)33-18-16-32(17-19-33)15-12-24-8-2-3-13-30-24/h2-10,13,20-21H,11-12,14-19H2,1H3,(H,31,34). The van der Waals surface area contributed by atoms with Crippen molar-refractivity contribution >= 4 is 22.6 Å². The van der Waals surface area contributed by atoms with E-state index >= 15 is 0 Å². The molecule has 7 nitrogen and oxygen atoms in total. The van der Waals surface area contributed by atoms with Crippen LogP contribution in [0.2, 0.25) is 0 Å². The summed E-state index contributed by atoms with van der Waals surface area (Å²) in [6.45, 7) is 5.35. The van der Waals surface area contributed by atoms with Crippen LogP contribution in [0, 0.1) is 0 Å². The number of methoxy groups -OCH3 is 1. The van der Waals surface area contributed by atoms with Crippen LogP contribution >= 0.6 is 0 Å². The Balaban J connectivity index is 1.18. The predicted molar refractivity (Wildman–Crippen MR) is 142 cm³/mol. The van der Waals surface area contributed by atoms with Gasteiger partial charge in [-0.3, -0.25) is 14.7 Å². The summed E-state index contributed by atoms with van der Waals surface area (Å²) in [5.74, 6) is 0.967. The maximum Gasteiger partial charge on any atom is 0.287 e. The molecule has 2 aromatic heterocycles. The Morgan fingerprint density at radius 3 is 2.67 bits per heavy atom. The summed E-state index contributed by atoms with van der Waals surface area (Å²) in [7, 11) is 1.65. The molecule has 0 aliphatic carbocycles. The van der Waals surface area contributed by atoms with Crippen molar-refractivity contribution in [2.24, 2.45) is 0 Å². The minimum Gasteiger partial charge on any atom is -0.497 e. The summed E-state index contributed by atoms with van der Waals surface area (Å²) < 4.78 is 11.4. The molecule has 0 saturated carbocycles. The quantitative estimate of drug-likeness (QED) is 0.385. The SMILES string of the molecule is COc1cccc(CCNC(=O)c2cc3cccc(N4CCN(CCc5ccccn5)CC4)c3o2)c1. The molecule has 7 heteroatoms. The molecular formula is C29H32N4O3. The number of pyridine rings is 1. The number of carbonyl (C=O) groups excluding carboxylic acids is 1. The van der Waals surface area contributed by atoms with Gasteiger partial charge in [-0.25, -0.2) is 0 Å². The largest absolute Gasteiger partial charge is 0.497 e. The van der Waals surface area contributed by atoms with Gasteiger partial charge in [0.05, 0.1) is 12.8 Å². The van der Waals surface area contributed by atoms with E-state index in [0.29, 0.717) is 12.3 Å². The number of piperazine rings is 1. The Morgan fingerprint density at radius 1 is 1.00 bits per heavy atom. The van der Waals surface area contributed by atoms with E-state index in [-0.39, 0.29) is 5.91 Å². The van der Waals surface area contributed by atoms with Crippen LogP contribution in [-0.2, 0) is 12.8 Å². The van der Waals surface area contributed by atoms with E-state index in [0.717, 1.165) is 79.2 Å². The van der Waals surface area contributed by atoms with Gasteiger partial charge in [0, 0.05) is 63.0 Å². The maximum absolute atomic E-state index is 12.8. The Morgan fingerprint density at radius 2 is 1.86 bits per heavy atom. The molecule has 36 heavy (non-hydrogen) atoms. The van der Waals surface area contributed by atoms with Gasteiger partial charge in [-0.05, 0) is 48.4 Å². The van der Waals surface area contributed by atoms with E-state index in [9.17, 15) is 4.79 Å². The molecule has 2 aromatic carbocycles. The first kappa shape index (κ1) is 23.9. The van der Waals surface area contributed by atoms with Crippen LogP contribution in [0.4, 0.5) is 5.69 Å². The van der Waals surface area contributed by atoms with Crippen LogP contribution in [0.5, 0.6) is 5.75 Å². The minimum atomic E-state index is -0.195. The Kier molecular flexibility index (Phi) is 7.47. The first-order valence-electron chi connectivity index (χ1n) is 12.5. The highest BCUT2D eigenvalue weighted by Gasteiger charge is 2.21. The van der Waals surface area contributed by atoms with E-state index in [1.165, 1.54) is 0 Å². The normalized spacial score (nSPS) is 14.2. The number of benzene rings is 2. The number of rotatable bonds is 9. The molecule has 1 saturated heterocycles. The maximum atomic E-state index is 12.8. The molecule has 1 N–H and O–H groups in total. The highest BCUT2D eigenvalue weighted by atomic mass is 16.5. The molecule has 1 aliphatic heterocycles. The molecule has 4 aromatic rings. The third-order valence-electron chi connectivity index (χ3n) is 6.70. The summed E-state index contributed by atoms with van der Waals surface area (Å²) in [4.78, 5) is 22.1. The number of hydrogen-bond acceptors (Lipinski definition) is 6. The molecule has 0 bridgehead atoms. The summed E-state index contributed by atoms with van der Waals surface area (Å²) >= 11 is 0. The Bertz CT molecular complexity index is 1300. The van der Waals surface area contributed by atoms with Crippen molar-refractivity contribution in [3.63, 3.8) is 0 Å². The van der Waals surface area contributed by atoms with Crippen molar-refractivity contribution in [1.82, 2.24) is 15.2 Å². The fourth-order valence-electron chi connectivity index (χ4n) is 4.68. The Hall–Kier alpha value is -3.84. The molecule has 1 aliphatic rings. The van der Waals surface area contributed by atoms with Gasteiger partial charge >= 0.3 is 0 Å². The number of anilines is 1. The van der Waals surface area contributed by atoms with Crippen LogP contribution in [0.3, 0.4) is 0 Å². The fraction of sp³-hybridized carbons (Fsp3) is 0.310. The molecule has 0 atom stereocenters. The molecule has 1 fully saturated rings. The van der Waals surface area contributed by atoms with Gasteiger partial charge < -0.3 is 19.4 Å². The number of nitrogens with zero attached hydrogens (tertiary/aromatic N) is 3. The number of fused-ring (bicyclic) bond motifs is 1. The van der Waals surface area contributed by atoms with Gasteiger partial charge in [0.1, 0.15) is 5.75 Å². The Labute approximate surface area is 211 Å². The monoisotopic (exact) mass is 484 g/mol. The third kappa shape index (κ3) is 5.69. The van der Waals surface area contributed by atoms with Gasteiger partial charge in [-0.15, -0.1) is 0 Å². The molecular weight excluding hydrogens is 452 g/mol. The minimum absolute atomic E-state index is 0.195. The number of aromatic nitrogens is 1. The van der Waals surface area contributed by atoms with Crippen LogP contribution in [-0.4, -0.2) is 62.2 Å². The third-order valence-corrected chi connectivity index (χ3v) is 6.70. The highest BCUT2D eigenvalue weighted by molar-refractivity contribution is 5.99. The molecule has 1 amide bonds. The number of carbonyl (C=O) groups is 1. The first-order chi connectivity index (χ1) is 17.7. The van der Waals surface area contributed by atoms with Gasteiger partial charge in [-0.1, -0.05) is 30.3 Å². The lowest BCUT2D eigenvalue weighted by Gasteiger charge is -2.36. The van der Waals surface area contributed by atoms with Crippen LogP contribution in [0.1, 0.15) is 21.8 Å². The van der Waals surface area contributed by atoms with E-state index in [1.807, 2.05) is 60.8 Å². The van der Waals surface area contributed by atoms with E-state index in [1.54, 1.807) is 7.11 Å². The lowest BCUT2D eigenvalue weighted by molar-refractivity contribution is 0.0928. The molecule has 0 spiro atoms. The van der Waals surface area contributed by atoms with Crippen molar-refractivity contribution in [2.75, 3.05) is 51.3 Å². The summed E-state index contributed by atoms with van der Waals surface area (Å²) in [6.07, 6.45) is 3.54. The second-order valence-electron chi connectivity index (χ2n) is 9.06. The van der Waals surface area contributed by atoms with E-state index in [4.69, 9.17) is 9.15 Å². The van der Waals surface area contributed by atoms with Gasteiger partial charge in [0.25, 0.3) is 5.91 Å². The lowest BCUT2D eigenvalue weighted by atomic mass is 10.1. The average molecular weight is 485 g/mol. The van der Waals surface area contributed by atoms with Crippen molar-refractivity contribution in [1.29, 1.82) is 0 Å². The number of ether oxygens (including phenoxy) is 1. The number of furan rings is 1. The number of nitrogens with one attached hydrogen (secondary N) is 1. The summed E-state index contributed by atoms with van der Waals surface area (Å²) in [5.41, 5.74) is 4.07. The zero-order valence-electron chi connectivity index (χ0n) is 20.7. The number of hydrogen-bond donors (Lipinski definition) is 1. The van der Waals surface area contributed by atoms with Crippen LogP contribution in [0.25, 0.3) is 11.0 Å². The summed E-state index contributed by atoms with van der Waals surface area (Å²) in [5, 5.41) is 3.93. The highest BCUT2D eigenvalue weighted by Crippen LogP contribution is 2.30. The lowest BCUT2D eigenvalue weighted by Crippen LogP contribution is -2.47. The summed E-state index contributed by atoms with van der Waals surface area (Å²) in [6, 6.07) is 21.9. The zero-order valence-corrected chi connectivity index (χ0v) is 20.7. The van der Waals surface area contributed by atoms with Crippen LogP contribution in [0.15, 0.2) is 77.3 Å². The topological polar surface area (TPSA) is 70.8 Å². The van der Waals surface area contributed by atoms with Crippen molar-refractivity contribution in [3.8, 4) is 5.75 Å². The average Bonchev–Trinajstić information content (AvgIpc) is 3.38. The molecule has 0 radical (unpaired) electrons. The smallest absolute Gasteiger partial charge is 0.287 e. The predicted octanol–water partition coefficient (Wildman–Crippen LogP) is 4.17. The van der Waals surface area contributed by atoms with E-state index < -0.39 is 0 Å².